The molecule has 0 aromatic carbocycles. The molecule has 1 rings (SSSR count). The lowest BCUT2D eigenvalue weighted by Crippen LogP contribution is -2.63. The van der Waals surface area contributed by atoms with E-state index in [-0.39, 0.29) is 0 Å². The van der Waals surface area contributed by atoms with E-state index in [0.29, 0.717) is 16.2 Å². The number of hydrogen-bond donors (Lipinski definition) is 0. The van der Waals surface area contributed by atoms with Crippen LogP contribution in [0.25, 0.3) is 0 Å². The predicted octanol–water partition coefficient (Wildman–Crippen LogP) is 3.62. The fourth-order valence-electron chi connectivity index (χ4n) is 3.10. The third-order valence-corrected chi connectivity index (χ3v) is 6.97. The highest BCUT2D eigenvalue weighted by Gasteiger charge is 2.65. The summed E-state index contributed by atoms with van der Waals surface area (Å²) < 4.78 is 0. The molecule has 1 aliphatic rings. The quantitative estimate of drug-likeness (QED) is 0.543. The Hall–Kier alpha value is 0.217. The zero-order chi connectivity index (χ0) is 9.78. The molecule has 0 aromatic heterocycles. The van der Waals surface area contributed by atoms with Crippen LogP contribution >= 0.6 is 0 Å². The third kappa shape index (κ3) is 0.836. The molecule has 1 fully saturated rings. The predicted molar refractivity (Wildman–Crippen MR) is 56.7 cm³/mol. The highest BCUT2D eigenvalue weighted by atomic mass is 28.2. The second-order valence-electron chi connectivity index (χ2n) is 5.79. The average Bonchev–Trinajstić information content (AvgIpc) is 1.86. The van der Waals surface area contributed by atoms with Crippen molar-refractivity contribution in [2.24, 2.45) is 16.2 Å². The maximum absolute atomic E-state index is 2.43. The van der Waals surface area contributed by atoms with Crippen LogP contribution in [0.4, 0.5) is 0 Å². The Labute approximate surface area is 80.0 Å². The maximum atomic E-state index is 2.43. The van der Waals surface area contributed by atoms with Crippen LogP contribution in [0.15, 0.2) is 0 Å². The molecule has 0 nitrogen and oxygen atoms in total. The fourth-order valence-corrected chi connectivity index (χ4v) is 5.26. The molecule has 0 unspecified atom stereocenters. The molecular weight excluding hydrogens is 160 g/mol. The SMILES string of the molecule is C[Si]C1C(C)(C)C(C)(C)C1(C)C. The second kappa shape index (κ2) is 2.37. The van der Waals surface area contributed by atoms with Crippen molar-refractivity contribution in [1.82, 2.24) is 0 Å². The summed E-state index contributed by atoms with van der Waals surface area (Å²) in [5.74, 6) is 0. The lowest BCUT2D eigenvalue weighted by molar-refractivity contribution is -0.155. The van der Waals surface area contributed by atoms with Gasteiger partial charge in [-0.1, -0.05) is 48.1 Å². The summed E-state index contributed by atoms with van der Waals surface area (Å²) in [6.45, 7) is 16.9. The molecule has 0 saturated heterocycles. The first-order valence-electron chi connectivity index (χ1n) is 4.87. The van der Waals surface area contributed by atoms with E-state index in [1.54, 1.807) is 0 Å². The van der Waals surface area contributed by atoms with E-state index in [1.165, 1.54) is 0 Å². The van der Waals surface area contributed by atoms with Gasteiger partial charge in [-0.05, 0) is 21.8 Å². The Morgan fingerprint density at radius 2 is 1.17 bits per heavy atom. The van der Waals surface area contributed by atoms with Crippen LogP contribution in [0, 0.1) is 16.2 Å². The van der Waals surface area contributed by atoms with Gasteiger partial charge < -0.3 is 0 Å². The van der Waals surface area contributed by atoms with Crippen molar-refractivity contribution in [3.63, 3.8) is 0 Å². The minimum Gasteiger partial charge on any atom is -0.0730 e. The molecule has 0 aliphatic heterocycles. The van der Waals surface area contributed by atoms with E-state index in [9.17, 15) is 0 Å². The first-order valence-corrected chi connectivity index (χ1v) is 6.44. The fraction of sp³-hybridized carbons (Fsp3) is 1.00. The van der Waals surface area contributed by atoms with E-state index in [1.807, 2.05) is 0 Å². The first kappa shape index (κ1) is 10.3. The Morgan fingerprint density at radius 1 is 0.833 bits per heavy atom. The van der Waals surface area contributed by atoms with Gasteiger partial charge in [0.05, 0.1) is 0 Å². The van der Waals surface area contributed by atoms with Gasteiger partial charge in [0.1, 0.15) is 0 Å². The van der Waals surface area contributed by atoms with Crippen LogP contribution in [0.1, 0.15) is 41.5 Å². The average molecular weight is 182 g/mol. The van der Waals surface area contributed by atoms with E-state index in [0.717, 1.165) is 15.1 Å². The summed E-state index contributed by atoms with van der Waals surface area (Å²) in [6.07, 6.45) is 0. The zero-order valence-electron chi connectivity index (χ0n) is 9.58. The minimum atomic E-state index is 0.494. The summed E-state index contributed by atoms with van der Waals surface area (Å²) in [5.41, 5.74) is 2.47. The molecule has 0 aromatic rings. The Morgan fingerprint density at radius 3 is 1.33 bits per heavy atom. The molecule has 0 N–H and O–H groups in total. The van der Waals surface area contributed by atoms with Gasteiger partial charge in [0, 0.05) is 9.52 Å². The highest BCUT2D eigenvalue weighted by Crippen LogP contribution is 2.73. The van der Waals surface area contributed by atoms with Gasteiger partial charge in [0.25, 0.3) is 0 Å². The molecule has 0 bridgehead atoms. The largest absolute Gasteiger partial charge is 0.0730 e. The smallest absolute Gasteiger partial charge is 0.0392 e. The molecule has 1 aliphatic carbocycles. The summed E-state index contributed by atoms with van der Waals surface area (Å²) in [6, 6.07) is 0. The van der Waals surface area contributed by atoms with Crippen LogP contribution in [-0.4, -0.2) is 9.52 Å². The van der Waals surface area contributed by atoms with Crippen LogP contribution in [-0.2, 0) is 0 Å². The van der Waals surface area contributed by atoms with Crippen molar-refractivity contribution >= 4 is 9.52 Å². The van der Waals surface area contributed by atoms with Crippen LogP contribution < -0.4 is 0 Å². The van der Waals surface area contributed by atoms with Gasteiger partial charge in [-0.15, -0.1) is 0 Å². The van der Waals surface area contributed by atoms with Crippen LogP contribution in [0.2, 0.25) is 12.1 Å². The summed E-state index contributed by atoms with van der Waals surface area (Å²) in [7, 11) is 1.09. The van der Waals surface area contributed by atoms with Gasteiger partial charge in [-0.3, -0.25) is 0 Å². The van der Waals surface area contributed by atoms with E-state index in [2.05, 4.69) is 48.1 Å². The van der Waals surface area contributed by atoms with Crippen LogP contribution in [0.3, 0.4) is 0 Å². The minimum absolute atomic E-state index is 0.494. The second-order valence-corrected chi connectivity index (χ2v) is 6.94. The van der Waals surface area contributed by atoms with Crippen molar-refractivity contribution < 1.29 is 0 Å². The van der Waals surface area contributed by atoms with Gasteiger partial charge in [0.2, 0.25) is 0 Å². The molecule has 1 heteroatoms. The highest BCUT2D eigenvalue weighted by molar-refractivity contribution is 6.37. The number of hydrogen-bond acceptors (Lipinski definition) is 0. The molecule has 12 heavy (non-hydrogen) atoms. The van der Waals surface area contributed by atoms with Crippen molar-refractivity contribution in [1.29, 1.82) is 0 Å². The van der Waals surface area contributed by atoms with Crippen LogP contribution in [0.5, 0.6) is 0 Å². The Kier molecular flexibility index (Phi) is 2.04. The molecule has 1 saturated carbocycles. The molecule has 0 spiro atoms. The van der Waals surface area contributed by atoms with E-state index < -0.39 is 0 Å². The van der Waals surface area contributed by atoms with Crippen molar-refractivity contribution in [3.05, 3.63) is 0 Å². The molecule has 0 amide bonds. The monoisotopic (exact) mass is 182 g/mol. The van der Waals surface area contributed by atoms with Crippen molar-refractivity contribution in [3.8, 4) is 0 Å². The number of rotatable bonds is 1. The topological polar surface area (TPSA) is 0 Å². The zero-order valence-corrected chi connectivity index (χ0v) is 10.6. The van der Waals surface area contributed by atoms with Gasteiger partial charge in [-0.2, -0.15) is 0 Å². The summed E-state index contributed by atoms with van der Waals surface area (Å²) >= 11 is 0. The molecule has 0 heterocycles. The standard InChI is InChI=1S/C11H22Si/c1-9(2)8(12-7)10(3,4)11(9,5)6/h8H,1-7H3. The summed E-state index contributed by atoms with van der Waals surface area (Å²) in [4.78, 5) is 0. The third-order valence-electron chi connectivity index (χ3n) is 4.95. The van der Waals surface area contributed by atoms with E-state index >= 15 is 0 Å². The molecular formula is C11H22Si. The van der Waals surface area contributed by atoms with Gasteiger partial charge in [0.15, 0.2) is 0 Å². The maximum Gasteiger partial charge on any atom is 0.0392 e. The first-order chi connectivity index (χ1) is 5.19. The van der Waals surface area contributed by atoms with Crippen molar-refractivity contribution in [2.45, 2.75) is 53.6 Å². The molecule has 0 atom stereocenters. The summed E-state index contributed by atoms with van der Waals surface area (Å²) in [5, 5.41) is 0. The molecule has 2 radical (unpaired) electrons. The van der Waals surface area contributed by atoms with Gasteiger partial charge >= 0.3 is 0 Å². The molecule has 70 valence electrons. The normalized spacial score (nSPS) is 31.2. The Bertz CT molecular complexity index is 171. The Balaban J connectivity index is 2.98. The van der Waals surface area contributed by atoms with E-state index in [4.69, 9.17) is 0 Å². The lowest BCUT2D eigenvalue weighted by atomic mass is 9.39. The van der Waals surface area contributed by atoms with Gasteiger partial charge in [-0.25, -0.2) is 0 Å². The van der Waals surface area contributed by atoms with Crippen molar-refractivity contribution in [2.75, 3.05) is 0 Å². The lowest BCUT2D eigenvalue weighted by Gasteiger charge is -2.71.